The normalized spacial score (nSPS) is 9.12. The summed E-state index contributed by atoms with van der Waals surface area (Å²) < 4.78 is 0. The molecule has 0 aromatic carbocycles. The van der Waals surface area contributed by atoms with Crippen molar-refractivity contribution in [3.63, 3.8) is 0 Å². The van der Waals surface area contributed by atoms with Crippen molar-refractivity contribution in [2.75, 3.05) is 0 Å². The highest BCUT2D eigenvalue weighted by atomic mass is 14.9. The Kier molecular flexibility index (Phi) is 2.58. The van der Waals surface area contributed by atoms with Gasteiger partial charge in [0.15, 0.2) is 0 Å². The maximum atomic E-state index is 8.69. The summed E-state index contributed by atoms with van der Waals surface area (Å²) in [5.41, 5.74) is 1.57. The molecule has 0 amide bonds. The zero-order valence-electron chi connectivity index (χ0n) is 8.25. The Bertz CT molecular complexity index is 591. The molecule has 0 unspecified atom stereocenters. The van der Waals surface area contributed by atoms with Gasteiger partial charge in [-0.05, 0) is 18.2 Å². The molecule has 0 aliphatic rings. The summed E-state index contributed by atoms with van der Waals surface area (Å²) in [4.78, 5) is 11.4. The molecule has 0 bridgehead atoms. The van der Waals surface area contributed by atoms with Crippen LogP contribution in [0, 0.1) is 17.9 Å². The lowest BCUT2D eigenvalue weighted by atomic mass is 10.1. The molecule has 0 saturated heterocycles. The quantitative estimate of drug-likeness (QED) is 0.674. The Morgan fingerprint density at radius 1 is 1.25 bits per heavy atom. The Morgan fingerprint density at radius 2 is 2.12 bits per heavy atom. The van der Waals surface area contributed by atoms with Gasteiger partial charge in [-0.2, -0.15) is 5.26 Å². The second-order valence-corrected chi connectivity index (χ2v) is 3.01. The minimum absolute atomic E-state index is 0.206. The number of rotatable bonds is 1. The average Bonchev–Trinajstić information content (AvgIpc) is 2.39. The molecule has 0 aliphatic heterocycles. The van der Waals surface area contributed by atoms with E-state index in [1.54, 1.807) is 30.5 Å². The van der Waals surface area contributed by atoms with Gasteiger partial charge in [0.05, 0.1) is 5.69 Å². The standard InChI is InChI=1S/C12H6N4/c1-14-12-10(6-5-9(8-13)16-12)11-4-2-3-7-15-11/h2-7H. The third-order valence-corrected chi connectivity index (χ3v) is 2.04. The van der Waals surface area contributed by atoms with E-state index in [-0.39, 0.29) is 11.5 Å². The van der Waals surface area contributed by atoms with Crippen molar-refractivity contribution >= 4 is 5.82 Å². The van der Waals surface area contributed by atoms with Gasteiger partial charge in [-0.3, -0.25) is 4.98 Å². The van der Waals surface area contributed by atoms with Crippen molar-refractivity contribution in [3.8, 4) is 17.3 Å². The fourth-order valence-corrected chi connectivity index (χ4v) is 1.32. The van der Waals surface area contributed by atoms with Crippen LogP contribution in [0.3, 0.4) is 0 Å². The molecular formula is C12H6N4. The summed E-state index contributed by atoms with van der Waals surface area (Å²) in [6.07, 6.45) is 1.65. The van der Waals surface area contributed by atoms with Gasteiger partial charge in [-0.25, -0.2) is 0 Å². The van der Waals surface area contributed by atoms with E-state index < -0.39 is 0 Å². The maximum Gasteiger partial charge on any atom is 0.280 e. The Hall–Kier alpha value is -2.72. The number of hydrogen-bond donors (Lipinski definition) is 0. The van der Waals surface area contributed by atoms with E-state index in [2.05, 4.69) is 14.8 Å². The van der Waals surface area contributed by atoms with Crippen molar-refractivity contribution in [1.29, 1.82) is 5.26 Å². The highest BCUT2D eigenvalue weighted by Gasteiger charge is 2.09. The summed E-state index contributed by atoms with van der Waals surface area (Å²) >= 11 is 0. The van der Waals surface area contributed by atoms with E-state index in [9.17, 15) is 0 Å². The molecule has 0 N–H and O–H groups in total. The van der Waals surface area contributed by atoms with Crippen molar-refractivity contribution in [1.82, 2.24) is 9.97 Å². The first-order valence-electron chi connectivity index (χ1n) is 4.55. The number of hydrogen-bond acceptors (Lipinski definition) is 3. The van der Waals surface area contributed by atoms with Crippen molar-refractivity contribution in [3.05, 3.63) is 53.6 Å². The van der Waals surface area contributed by atoms with E-state index >= 15 is 0 Å². The van der Waals surface area contributed by atoms with Crippen molar-refractivity contribution in [2.24, 2.45) is 0 Å². The fraction of sp³-hybridized carbons (Fsp3) is 0. The summed E-state index contributed by atoms with van der Waals surface area (Å²) in [7, 11) is 0. The van der Waals surface area contributed by atoms with Crippen LogP contribution in [0.25, 0.3) is 16.1 Å². The minimum Gasteiger partial charge on any atom is -0.360 e. The number of nitriles is 1. The minimum atomic E-state index is 0.206. The number of aromatic nitrogens is 2. The third-order valence-electron chi connectivity index (χ3n) is 2.04. The molecule has 4 heteroatoms. The molecule has 0 saturated carbocycles. The van der Waals surface area contributed by atoms with Gasteiger partial charge in [-0.1, -0.05) is 18.7 Å². The lowest BCUT2D eigenvalue weighted by molar-refractivity contribution is 1.26. The second-order valence-electron chi connectivity index (χ2n) is 3.01. The summed E-state index contributed by atoms with van der Waals surface area (Å²) in [5.74, 6) is 0.206. The number of pyridine rings is 2. The smallest absolute Gasteiger partial charge is 0.280 e. The summed E-state index contributed by atoms with van der Waals surface area (Å²) in [5, 5.41) is 8.69. The predicted molar refractivity (Wildman–Crippen MR) is 58.4 cm³/mol. The summed E-state index contributed by atoms with van der Waals surface area (Å²) in [6.45, 7) is 7.03. The first-order chi connectivity index (χ1) is 7.85. The van der Waals surface area contributed by atoms with Gasteiger partial charge in [0.25, 0.3) is 5.82 Å². The first kappa shape index (κ1) is 9.82. The molecule has 0 fully saturated rings. The molecule has 4 nitrogen and oxygen atoms in total. The Balaban J connectivity index is 2.60. The predicted octanol–water partition coefficient (Wildman–Crippen LogP) is 2.57. The van der Waals surface area contributed by atoms with Gasteiger partial charge in [0, 0.05) is 11.8 Å². The van der Waals surface area contributed by atoms with Gasteiger partial charge in [-0.15, -0.1) is 4.98 Å². The summed E-state index contributed by atoms with van der Waals surface area (Å²) in [6, 6.07) is 10.6. The SMILES string of the molecule is [C-]#[N+]c1nc(C#N)ccc1-c1ccccn1. The largest absolute Gasteiger partial charge is 0.360 e. The van der Waals surface area contributed by atoms with Gasteiger partial charge >= 0.3 is 0 Å². The molecular weight excluding hydrogens is 200 g/mol. The van der Waals surface area contributed by atoms with Gasteiger partial charge in [0.2, 0.25) is 5.69 Å². The average molecular weight is 206 g/mol. The first-order valence-corrected chi connectivity index (χ1v) is 4.55. The van der Waals surface area contributed by atoms with Crippen LogP contribution in [-0.4, -0.2) is 9.97 Å². The molecule has 0 aliphatic carbocycles. The second kappa shape index (κ2) is 4.20. The lowest BCUT2D eigenvalue weighted by Crippen LogP contribution is -1.87. The van der Waals surface area contributed by atoms with Crippen LogP contribution >= 0.6 is 0 Å². The highest BCUT2D eigenvalue weighted by molar-refractivity contribution is 5.73. The third kappa shape index (κ3) is 1.73. The topological polar surface area (TPSA) is 53.9 Å². The Morgan fingerprint density at radius 3 is 2.75 bits per heavy atom. The molecule has 74 valence electrons. The lowest BCUT2D eigenvalue weighted by Gasteiger charge is -2.01. The zero-order chi connectivity index (χ0) is 11.4. The molecule has 2 rings (SSSR count). The van der Waals surface area contributed by atoms with Crippen LogP contribution in [0.15, 0.2) is 36.5 Å². The van der Waals surface area contributed by atoms with Crippen LogP contribution in [0.4, 0.5) is 5.82 Å². The zero-order valence-corrected chi connectivity index (χ0v) is 8.25. The molecule has 2 aromatic heterocycles. The molecule has 0 spiro atoms. The van der Waals surface area contributed by atoms with Gasteiger partial charge < -0.3 is 4.85 Å². The van der Waals surface area contributed by atoms with E-state index in [0.29, 0.717) is 11.3 Å². The van der Waals surface area contributed by atoms with E-state index in [1.807, 2.05) is 12.1 Å². The monoisotopic (exact) mass is 206 g/mol. The molecule has 2 heterocycles. The molecule has 0 atom stereocenters. The molecule has 2 aromatic rings. The van der Waals surface area contributed by atoms with Crippen LogP contribution in [-0.2, 0) is 0 Å². The maximum absolute atomic E-state index is 8.69. The number of nitrogens with zero attached hydrogens (tertiary/aromatic N) is 4. The van der Waals surface area contributed by atoms with Crippen LogP contribution in [0.2, 0.25) is 0 Å². The van der Waals surface area contributed by atoms with E-state index in [0.717, 1.165) is 0 Å². The Labute approximate surface area is 92.7 Å². The molecule has 0 radical (unpaired) electrons. The fourth-order valence-electron chi connectivity index (χ4n) is 1.32. The highest BCUT2D eigenvalue weighted by Crippen LogP contribution is 2.26. The van der Waals surface area contributed by atoms with Crippen molar-refractivity contribution in [2.45, 2.75) is 0 Å². The van der Waals surface area contributed by atoms with E-state index in [1.165, 1.54) is 0 Å². The van der Waals surface area contributed by atoms with Gasteiger partial charge in [0.1, 0.15) is 6.07 Å². The van der Waals surface area contributed by atoms with E-state index in [4.69, 9.17) is 11.8 Å². The van der Waals surface area contributed by atoms with Crippen LogP contribution in [0.1, 0.15) is 5.69 Å². The van der Waals surface area contributed by atoms with Crippen molar-refractivity contribution < 1.29 is 0 Å². The van der Waals surface area contributed by atoms with Crippen LogP contribution < -0.4 is 0 Å². The molecule has 16 heavy (non-hydrogen) atoms. The van der Waals surface area contributed by atoms with Crippen LogP contribution in [0.5, 0.6) is 0 Å².